The number of aromatic hydroxyl groups is 1. The highest BCUT2D eigenvalue weighted by Crippen LogP contribution is 2.29. The van der Waals surface area contributed by atoms with Gasteiger partial charge in [-0.05, 0) is 35.7 Å². The van der Waals surface area contributed by atoms with Gasteiger partial charge in [0.2, 0.25) is 0 Å². The minimum Gasteiger partial charge on any atom is -0.506 e. The minimum absolute atomic E-state index is 0.0630. The molecule has 3 rings (SSSR count). The summed E-state index contributed by atoms with van der Waals surface area (Å²) in [6.07, 6.45) is 0. The first kappa shape index (κ1) is 16.3. The van der Waals surface area contributed by atoms with E-state index in [9.17, 15) is 9.90 Å². The molecule has 0 saturated heterocycles. The van der Waals surface area contributed by atoms with Crippen molar-refractivity contribution in [3.8, 4) is 11.5 Å². The second kappa shape index (κ2) is 7.36. The van der Waals surface area contributed by atoms with Gasteiger partial charge in [-0.3, -0.25) is 0 Å². The zero-order valence-corrected chi connectivity index (χ0v) is 14.3. The number of hydrogen-bond acceptors (Lipinski definition) is 4. The monoisotopic (exact) mass is 386 g/mol. The van der Waals surface area contributed by atoms with Crippen molar-refractivity contribution in [2.24, 2.45) is 0 Å². The Labute approximate surface area is 147 Å². The standard InChI is InChI=1S/C19H15BrO4/c20-14-6-8-15(9-7-14)23-11-12-24-19(22)17-10-5-13-3-1-2-4-16(13)18(17)21/h1-10,21H,11-12H2. The van der Waals surface area contributed by atoms with Crippen LogP contribution in [-0.2, 0) is 4.74 Å². The molecule has 122 valence electrons. The van der Waals surface area contributed by atoms with Crippen LogP contribution in [-0.4, -0.2) is 24.3 Å². The number of carbonyl (C=O) groups excluding carboxylic acids is 1. The van der Waals surface area contributed by atoms with Gasteiger partial charge in [0.1, 0.15) is 30.3 Å². The van der Waals surface area contributed by atoms with E-state index in [2.05, 4.69) is 15.9 Å². The number of hydrogen-bond donors (Lipinski definition) is 1. The van der Waals surface area contributed by atoms with E-state index in [0.717, 1.165) is 9.86 Å². The Morgan fingerprint density at radius 3 is 2.50 bits per heavy atom. The van der Waals surface area contributed by atoms with Gasteiger partial charge < -0.3 is 14.6 Å². The number of benzene rings is 3. The van der Waals surface area contributed by atoms with E-state index in [1.54, 1.807) is 18.2 Å². The molecule has 0 aromatic heterocycles. The fourth-order valence-corrected chi connectivity index (χ4v) is 2.59. The third-order valence-corrected chi connectivity index (χ3v) is 4.05. The van der Waals surface area contributed by atoms with E-state index in [1.807, 2.05) is 42.5 Å². The lowest BCUT2D eigenvalue weighted by molar-refractivity contribution is 0.0447. The Hall–Kier alpha value is -2.53. The summed E-state index contributed by atoms with van der Waals surface area (Å²) in [6, 6.07) is 18.0. The van der Waals surface area contributed by atoms with Crippen molar-refractivity contribution in [2.45, 2.75) is 0 Å². The van der Waals surface area contributed by atoms with Gasteiger partial charge in [0.25, 0.3) is 0 Å². The molecule has 5 heteroatoms. The molecule has 1 N–H and O–H groups in total. The third kappa shape index (κ3) is 3.68. The van der Waals surface area contributed by atoms with E-state index in [4.69, 9.17) is 9.47 Å². The van der Waals surface area contributed by atoms with Crippen molar-refractivity contribution in [3.63, 3.8) is 0 Å². The predicted molar refractivity (Wildman–Crippen MR) is 95.5 cm³/mol. The van der Waals surface area contributed by atoms with Crippen molar-refractivity contribution in [3.05, 3.63) is 70.7 Å². The van der Waals surface area contributed by atoms with Crippen molar-refractivity contribution in [1.29, 1.82) is 0 Å². The maximum absolute atomic E-state index is 12.1. The van der Waals surface area contributed by atoms with Gasteiger partial charge in [0, 0.05) is 9.86 Å². The molecule has 0 bridgehead atoms. The van der Waals surface area contributed by atoms with Gasteiger partial charge in [0.15, 0.2) is 0 Å². The van der Waals surface area contributed by atoms with E-state index in [-0.39, 0.29) is 24.5 Å². The summed E-state index contributed by atoms with van der Waals surface area (Å²) < 4.78 is 11.6. The highest BCUT2D eigenvalue weighted by atomic mass is 79.9. The Morgan fingerprint density at radius 2 is 1.71 bits per heavy atom. The molecule has 4 nitrogen and oxygen atoms in total. The van der Waals surface area contributed by atoms with Gasteiger partial charge in [-0.15, -0.1) is 0 Å². The molecule has 0 spiro atoms. The topological polar surface area (TPSA) is 55.8 Å². The smallest absolute Gasteiger partial charge is 0.342 e. The molecule has 0 radical (unpaired) electrons. The Kier molecular flexibility index (Phi) is 5.01. The number of rotatable bonds is 5. The summed E-state index contributed by atoms with van der Waals surface area (Å²) in [6.45, 7) is 0.336. The summed E-state index contributed by atoms with van der Waals surface area (Å²) in [7, 11) is 0. The third-order valence-electron chi connectivity index (χ3n) is 3.52. The second-order valence-electron chi connectivity index (χ2n) is 5.12. The lowest BCUT2D eigenvalue weighted by Crippen LogP contribution is -2.12. The van der Waals surface area contributed by atoms with Gasteiger partial charge in [-0.1, -0.05) is 46.3 Å². The normalized spacial score (nSPS) is 10.5. The number of phenols is 1. The van der Waals surface area contributed by atoms with Crippen LogP contribution in [0.2, 0.25) is 0 Å². The quantitative estimate of drug-likeness (QED) is 0.516. The molecule has 3 aromatic carbocycles. The predicted octanol–water partition coefficient (Wildman–Crippen LogP) is 4.54. The number of halogens is 1. The van der Waals surface area contributed by atoms with Gasteiger partial charge in [-0.25, -0.2) is 4.79 Å². The first-order valence-electron chi connectivity index (χ1n) is 7.41. The fraction of sp³-hybridized carbons (Fsp3) is 0.105. The Morgan fingerprint density at radius 1 is 0.958 bits per heavy atom. The fourth-order valence-electron chi connectivity index (χ4n) is 2.32. The van der Waals surface area contributed by atoms with Crippen LogP contribution in [0.4, 0.5) is 0 Å². The summed E-state index contributed by atoms with van der Waals surface area (Å²) in [4.78, 5) is 12.1. The molecular formula is C19H15BrO4. The number of carbonyl (C=O) groups is 1. The van der Waals surface area contributed by atoms with Crippen molar-refractivity contribution in [1.82, 2.24) is 0 Å². The van der Waals surface area contributed by atoms with Crippen LogP contribution in [0, 0.1) is 0 Å². The molecule has 0 heterocycles. The summed E-state index contributed by atoms with van der Waals surface area (Å²) in [5, 5.41) is 11.7. The number of phenolic OH excluding ortho intramolecular Hbond substituents is 1. The molecule has 3 aromatic rings. The molecule has 24 heavy (non-hydrogen) atoms. The van der Waals surface area contributed by atoms with Crippen molar-refractivity contribution < 1.29 is 19.4 Å². The van der Waals surface area contributed by atoms with E-state index in [1.165, 1.54) is 0 Å². The Bertz CT molecular complexity index is 859. The first-order valence-corrected chi connectivity index (χ1v) is 8.20. The van der Waals surface area contributed by atoms with Crippen LogP contribution in [0.15, 0.2) is 65.1 Å². The zero-order valence-electron chi connectivity index (χ0n) is 12.7. The average Bonchev–Trinajstić information content (AvgIpc) is 2.60. The maximum Gasteiger partial charge on any atom is 0.342 e. The zero-order chi connectivity index (χ0) is 16.9. The van der Waals surface area contributed by atoms with E-state index < -0.39 is 5.97 Å². The van der Waals surface area contributed by atoms with Crippen LogP contribution in [0.25, 0.3) is 10.8 Å². The van der Waals surface area contributed by atoms with Gasteiger partial charge >= 0.3 is 5.97 Å². The number of fused-ring (bicyclic) bond motifs is 1. The molecule has 0 atom stereocenters. The lowest BCUT2D eigenvalue weighted by Gasteiger charge is -2.09. The molecule has 0 aliphatic heterocycles. The molecule has 0 amide bonds. The van der Waals surface area contributed by atoms with Crippen LogP contribution in [0.5, 0.6) is 11.5 Å². The molecule has 0 unspecified atom stereocenters. The largest absolute Gasteiger partial charge is 0.506 e. The SMILES string of the molecule is O=C(OCCOc1ccc(Br)cc1)c1ccc2ccccc2c1O. The maximum atomic E-state index is 12.1. The number of ether oxygens (including phenoxy) is 2. The summed E-state index contributed by atoms with van der Waals surface area (Å²) in [5.41, 5.74) is 0.150. The lowest BCUT2D eigenvalue weighted by atomic mass is 10.1. The van der Waals surface area contributed by atoms with Crippen LogP contribution in [0.3, 0.4) is 0 Å². The van der Waals surface area contributed by atoms with E-state index in [0.29, 0.717) is 11.1 Å². The van der Waals surface area contributed by atoms with Crippen LogP contribution in [0.1, 0.15) is 10.4 Å². The highest BCUT2D eigenvalue weighted by molar-refractivity contribution is 9.10. The first-order chi connectivity index (χ1) is 11.6. The molecule has 0 aliphatic rings. The highest BCUT2D eigenvalue weighted by Gasteiger charge is 2.14. The summed E-state index contributed by atoms with van der Waals surface area (Å²) >= 11 is 3.35. The van der Waals surface area contributed by atoms with Gasteiger partial charge in [-0.2, -0.15) is 0 Å². The Balaban J connectivity index is 1.59. The molecule has 0 saturated carbocycles. The minimum atomic E-state index is -0.572. The molecule has 0 fully saturated rings. The van der Waals surface area contributed by atoms with Crippen molar-refractivity contribution in [2.75, 3.05) is 13.2 Å². The second-order valence-corrected chi connectivity index (χ2v) is 6.04. The summed E-state index contributed by atoms with van der Waals surface area (Å²) in [5.74, 6) is 0.0624. The van der Waals surface area contributed by atoms with Gasteiger partial charge in [0.05, 0.1) is 0 Å². The molecular weight excluding hydrogens is 372 g/mol. The van der Waals surface area contributed by atoms with Crippen molar-refractivity contribution >= 4 is 32.7 Å². The van der Waals surface area contributed by atoms with E-state index >= 15 is 0 Å². The van der Waals surface area contributed by atoms with Crippen LogP contribution >= 0.6 is 15.9 Å². The number of esters is 1. The average molecular weight is 387 g/mol. The van der Waals surface area contributed by atoms with Crippen LogP contribution < -0.4 is 4.74 Å². The molecule has 0 aliphatic carbocycles.